The van der Waals surface area contributed by atoms with Gasteiger partial charge in [-0.15, -0.1) is 0 Å². The average molecular weight is 193 g/mol. The molecule has 4 nitrogen and oxygen atoms in total. The Morgan fingerprint density at radius 2 is 2.43 bits per heavy atom. The van der Waals surface area contributed by atoms with Crippen LogP contribution in [0.4, 0.5) is 0 Å². The van der Waals surface area contributed by atoms with E-state index < -0.39 is 0 Å². The summed E-state index contributed by atoms with van der Waals surface area (Å²) in [6.07, 6.45) is 6.37. The Labute approximate surface area is 83.1 Å². The van der Waals surface area contributed by atoms with Crippen LogP contribution in [0.1, 0.15) is 29.9 Å². The molecule has 1 aliphatic rings. The Morgan fingerprint density at radius 1 is 1.71 bits per heavy atom. The van der Waals surface area contributed by atoms with Crippen molar-refractivity contribution in [3.63, 3.8) is 0 Å². The maximum atomic E-state index is 12.1. The highest BCUT2D eigenvalue weighted by Crippen LogP contribution is 2.42. The van der Waals surface area contributed by atoms with Gasteiger partial charge in [-0.25, -0.2) is 4.98 Å². The van der Waals surface area contributed by atoms with Crippen LogP contribution in [0.3, 0.4) is 0 Å². The number of carbonyl (C=O) groups is 1. The summed E-state index contributed by atoms with van der Waals surface area (Å²) >= 11 is 0. The first-order chi connectivity index (χ1) is 6.69. The zero-order valence-corrected chi connectivity index (χ0v) is 8.36. The molecule has 1 aromatic heterocycles. The molecule has 1 heterocycles. The number of ketones is 1. The van der Waals surface area contributed by atoms with Gasteiger partial charge in [0.15, 0.2) is 5.82 Å². The molecule has 0 unspecified atom stereocenters. The number of carbonyl (C=O) groups excluding carboxylic acids is 1. The molecule has 1 fully saturated rings. The van der Waals surface area contributed by atoms with E-state index in [9.17, 15) is 4.79 Å². The summed E-state index contributed by atoms with van der Waals surface area (Å²) in [5.74, 6) is 0.647. The van der Waals surface area contributed by atoms with E-state index in [0.717, 1.165) is 19.3 Å². The number of rotatable bonds is 3. The zero-order valence-electron chi connectivity index (χ0n) is 8.36. The zero-order chi connectivity index (χ0) is 10.2. The SMILES string of the molecule is Cn1ccnc1C(=O)C1(CN)CCC1. The number of aromatic nitrogens is 2. The number of imidazole rings is 1. The van der Waals surface area contributed by atoms with Crippen LogP contribution in [-0.2, 0) is 7.05 Å². The second kappa shape index (κ2) is 3.20. The number of hydrogen-bond acceptors (Lipinski definition) is 3. The van der Waals surface area contributed by atoms with E-state index in [1.54, 1.807) is 17.0 Å². The van der Waals surface area contributed by atoms with E-state index in [1.807, 2.05) is 7.05 Å². The van der Waals surface area contributed by atoms with Crippen molar-refractivity contribution in [2.45, 2.75) is 19.3 Å². The summed E-state index contributed by atoms with van der Waals surface area (Å²) in [7, 11) is 1.84. The van der Waals surface area contributed by atoms with Crippen LogP contribution >= 0.6 is 0 Å². The minimum Gasteiger partial charge on any atom is -0.332 e. The van der Waals surface area contributed by atoms with E-state index in [0.29, 0.717) is 12.4 Å². The van der Waals surface area contributed by atoms with Crippen molar-refractivity contribution >= 4 is 5.78 Å². The van der Waals surface area contributed by atoms with Crippen molar-refractivity contribution in [1.29, 1.82) is 0 Å². The van der Waals surface area contributed by atoms with Gasteiger partial charge in [0, 0.05) is 31.4 Å². The van der Waals surface area contributed by atoms with Gasteiger partial charge in [-0.3, -0.25) is 4.79 Å². The number of nitrogens with zero attached hydrogens (tertiary/aromatic N) is 2. The van der Waals surface area contributed by atoms with E-state index in [2.05, 4.69) is 4.98 Å². The lowest BCUT2D eigenvalue weighted by Crippen LogP contribution is -2.45. The molecular formula is C10H15N3O. The highest BCUT2D eigenvalue weighted by molar-refractivity contribution is 5.98. The molecule has 0 atom stereocenters. The largest absolute Gasteiger partial charge is 0.332 e. The normalized spacial score (nSPS) is 19.0. The van der Waals surface area contributed by atoms with E-state index in [1.165, 1.54) is 0 Å². The average Bonchev–Trinajstić information content (AvgIpc) is 2.50. The summed E-state index contributed by atoms with van der Waals surface area (Å²) in [6.45, 7) is 0.443. The monoisotopic (exact) mass is 193 g/mol. The highest BCUT2D eigenvalue weighted by atomic mass is 16.1. The molecule has 0 amide bonds. The fraction of sp³-hybridized carbons (Fsp3) is 0.600. The molecule has 2 rings (SSSR count). The predicted octanol–water partition coefficient (Wildman–Crippen LogP) is 0.732. The first-order valence-corrected chi connectivity index (χ1v) is 4.92. The molecule has 1 aromatic rings. The van der Waals surface area contributed by atoms with Gasteiger partial charge >= 0.3 is 0 Å². The maximum Gasteiger partial charge on any atom is 0.205 e. The third kappa shape index (κ3) is 1.18. The van der Waals surface area contributed by atoms with Gasteiger partial charge in [0.05, 0.1) is 0 Å². The first kappa shape index (κ1) is 9.40. The van der Waals surface area contributed by atoms with Gasteiger partial charge in [-0.05, 0) is 12.8 Å². The van der Waals surface area contributed by atoms with Crippen LogP contribution in [0.25, 0.3) is 0 Å². The molecule has 76 valence electrons. The summed E-state index contributed by atoms with van der Waals surface area (Å²) in [6, 6.07) is 0. The molecular weight excluding hydrogens is 178 g/mol. The molecule has 0 aliphatic heterocycles. The number of hydrogen-bond donors (Lipinski definition) is 1. The lowest BCUT2D eigenvalue weighted by molar-refractivity contribution is 0.0620. The summed E-state index contributed by atoms with van der Waals surface area (Å²) in [5, 5.41) is 0. The van der Waals surface area contributed by atoms with E-state index >= 15 is 0 Å². The Hall–Kier alpha value is -1.16. The molecule has 0 radical (unpaired) electrons. The summed E-state index contributed by atoms with van der Waals surface area (Å²) < 4.78 is 1.76. The fourth-order valence-electron chi connectivity index (χ4n) is 1.95. The van der Waals surface area contributed by atoms with Crippen LogP contribution < -0.4 is 5.73 Å². The van der Waals surface area contributed by atoms with Crippen molar-refractivity contribution in [2.75, 3.05) is 6.54 Å². The Morgan fingerprint density at radius 3 is 2.79 bits per heavy atom. The lowest BCUT2D eigenvalue weighted by Gasteiger charge is -2.38. The first-order valence-electron chi connectivity index (χ1n) is 4.92. The molecule has 0 spiro atoms. The van der Waals surface area contributed by atoms with Crippen LogP contribution in [0, 0.1) is 5.41 Å². The topological polar surface area (TPSA) is 60.9 Å². The third-order valence-corrected chi connectivity index (χ3v) is 3.21. The van der Waals surface area contributed by atoms with Gasteiger partial charge in [0.2, 0.25) is 5.78 Å². The van der Waals surface area contributed by atoms with Crippen LogP contribution in [0.2, 0.25) is 0 Å². The van der Waals surface area contributed by atoms with Crippen LogP contribution in [-0.4, -0.2) is 21.9 Å². The van der Waals surface area contributed by atoms with E-state index in [4.69, 9.17) is 5.73 Å². The number of nitrogens with two attached hydrogens (primary N) is 1. The molecule has 4 heteroatoms. The van der Waals surface area contributed by atoms with Gasteiger partial charge in [-0.1, -0.05) is 6.42 Å². The summed E-state index contributed by atoms with van der Waals surface area (Å²) in [5.41, 5.74) is 5.36. The minimum atomic E-state index is -0.306. The van der Waals surface area contributed by atoms with Crippen molar-refractivity contribution in [1.82, 2.24) is 9.55 Å². The number of aryl methyl sites for hydroxylation is 1. The van der Waals surface area contributed by atoms with Gasteiger partial charge in [0.1, 0.15) is 0 Å². The standard InChI is InChI=1S/C10H15N3O/c1-13-6-5-12-9(13)8(14)10(7-11)3-2-4-10/h5-6H,2-4,7,11H2,1H3. The summed E-state index contributed by atoms with van der Waals surface area (Å²) in [4.78, 5) is 16.2. The molecule has 0 saturated heterocycles. The smallest absolute Gasteiger partial charge is 0.205 e. The third-order valence-electron chi connectivity index (χ3n) is 3.21. The molecule has 14 heavy (non-hydrogen) atoms. The van der Waals surface area contributed by atoms with Crippen LogP contribution in [0.15, 0.2) is 12.4 Å². The second-order valence-corrected chi connectivity index (χ2v) is 4.03. The van der Waals surface area contributed by atoms with Gasteiger partial charge in [0.25, 0.3) is 0 Å². The Kier molecular flexibility index (Phi) is 2.15. The van der Waals surface area contributed by atoms with Gasteiger partial charge < -0.3 is 10.3 Å². The quantitative estimate of drug-likeness (QED) is 0.720. The Bertz CT molecular complexity index is 346. The van der Waals surface area contributed by atoms with Crippen molar-refractivity contribution < 1.29 is 4.79 Å². The lowest BCUT2D eigenvalue weighted by atomic mass is 9.66. The Balaban J connectivity index is 2.27. The fourth-order valence-corrected chi connectivity index (χ4v) is 1.95. The van der Waals surface area contributed by atoms with Crippen molar-refractivity contribution in [3.05, 3.63) is 18.2 Å². The van der Waals surface area contributed by atoms with Gasteiger partial charge in [-0.2, -0.15) is 0 Å². The minimum absolute atomic E-state index is 0.110. The van der Waals surface area contributed by atoms with Crippen molar-refractivity contribution in [3.8, 4) is 0 Å². The molecule has 1 aliphatic carbocycles. The number of Topliss-reactive ketones (excluding diaryl/α,β-unsaturated/α-hetero) is 1. The molecule has 2 N–H and O–H groups in total. The van der Waals surface area contributed by atoms with E-state index in [-0.39, 0.29) is 11.2 Å². The van der Waals surface area contributed by atoms with Crippen LogP contribution in [0.5, 0.6) is 0 Å². The maximum absolute atomic E-state index is 12.1. The highest BCUT2D eigenvalue weighted by Gasteiger charge is 2.44. The molecule has 1 saturated carbocycles. The molecule has 0 aromatic carbocycles. The molecule has 0 bridgehead atoms. The predicted molar refractivity (Wildman–Crippen MR) is 52.9 cm³/mol. The van der Waals surface area contributed by atoms with Crippen molar-refractivity contribution in [2.24, 2.45) is 18.2 Å². The second-order valence-electron chi connectivity index (χ2n) is 4.03.